The SMILES string of the molecule is CC(C)(C)CC(=O)OOC1CCN(C(=O)[C@@H](N)Cc2ccc(O)cc2)CC1. The van der Waals surface area contributed by atoms with Crippen LogP contribution in [0.3, 0.4) is 0 Å². The van der Waals surface area contributed by atoms with Gasteiger partial charge in [-0.1, -0.05) is 32.9 Å². The summed E-state index contributed by atoms with van der Waals surface area (Å²) in [5, 5.41) is 9.31. The number of hydrogen-bond acceptors (Lipinski definition) is 6. The van der Waals surface area contributed by atoms with Gasteiger partial charge in [0.1, 0.15) is 11.9 Å². The van der Waals surface area contributed by atoms with Crippen molar-refractivity contribution in [3.05, 3.63) is 29.8 Å². The van der Waals surface area contributed by atoms with Crippen molar-refractivity contribution < 1.29 is 24.5 Å². The molecular weight excluding hydrogens is 348 g/mol. The van der Waals surface area contributed by atoms with Crippen LogP contribution in [-0.2, 0) is 25.8 Å². The van der Waals surface area contributed by atoms with Crippen molar-refractivity contribution in [1.82, 2.24) is 4.90 Å². The highest BCUT2D eigenvalue weighted by Gasteiger charge is 2.28. The van der Waals surface area contributed by atoms with E-state index in [0.29, 0.717) is 32.4 Å². The fourth-order valence-electron chi connectivity index (χ4n) is 2.96. The normalized spacial score (nSPS) is 16.8. The summed E-state index contributed by atoms with van der Waals surface area (Å²) in [6.07, 6.45) is 1.70. The van der Waals surface area contributed by atoms with Gasteiger partial charge in [-0.3, -0.25) is 9.68 Å². The number of aromatic hydroxyl groups is 1. The molecule has 1 atom stereocenters. The molecule has 1 heterocycles. The molecule has 2 rings (SSSR count). The number of carbonyl (C=O) groups excluding carboxylic acids is 2. The van der Waals surface area contributed by atoms with Crippen LogP contribution in [0.1, 0.15) is 45.6 Å². The van der Waals surface area contributed by atoms with E-state index in [0.717, 1.165) is 5.56 Å². The van der Waals surface area contributed by atoms with Crippen molar-refractivity contribution in [3.63, 3.8) is 0 Å². The van der Waals surface area contributed by atoms with E-state index in [1.165, 1.54) is 0 Å². The first-order chi connectivity index (χ1) is 12.6. The molecule has 1 aliphatic rings. The van der Waals surface area contributed by atoms with E-state index in [1.807, 2.05) is 20.8 Å². The number of amides is 1. The molecule has 27 heavy (non-hydrogen) atoms. The molecule has 0 saturated carbocycles. The van der Waals surface area contributed by atoms with Crippen molar-refractivity contribution in [3.8, 4) is 5.75 Å². The number of hydrogen-bond donors (Lipinski definition) is 2. The van der Waals surface area contributed by atoms with Crippen LogP contribution in [0.25, 0.3) is 0 Å². The smallest absolute Gasteiger partial charge is 0.342 e. The lowest BCUT2D eigenvalue weighted by atomic mass is 9.93. The highest BCUT2D eigenvalue weighted by molar-refractivity contribution is 5.82. The Bertz CT molecular complexity index is 631. The lowest BCUT2D eigenvalue weighted by Crippen LogP contribution is -2.49. The number of likely N-dealkylation sites (tertiary alicyclic amines) is 1. The Labute approximate surface area is 160 Å². The Morgan fingerprint density at radius 3 is 2.37 bits per heavy atom. The molecule has 3 N–H and O–H groups in total. The second kappa shape index (κ2) is 9.19. The summed E-state index contributed by atoms with van der Waals surface area (Å²) in [4.78, 5) is 36.1. The van der Waals surface area contributed by atoms with E-state index < -0.39 is 6.04 Å². The van der Waals surface area contributed by atoms with Gasteiger partial charge in [-0.05, 0) is 42.4 Å². The lowest BCUT2D eigenvalue weighted by molar-refractivity contribution is -0.304. The van der Waals surface area contributed by atoms with Crippen molar-refractivity contribution in [2.24, 2.45) is 11.1 Å². The van der Waals surface area contributed by atoms with E-state index in [9.17, 15) is 14.7 Å². The first-order valence-electron chi connectivity index (χ1n) is 9.32. The number of benzene rings is 1. The number of rotatable bonds is 6. The van der Waals surface area contributed by atoms with Crippen LogP contribution < -0.4 is 5.73 Å². The lowest BCUT2D eigenvalue weighted by Gasteiger charge is -2.32. The van der Waals surface area contributed by atoms with Crippen molar-refractivity contribution in [2.75, 3.05) is 13.1 Å². The maximum Gasteiger partial charge on any atom is 0.342 e. The molecule has 0 aliphatic carbocycles. The Morgan fingerprint density at radius 2 is 1.81 bits per heavy atom. The third kappa shape index (κ3) is 7.19. The molecule has 1 fully saturated rings. The molecule has 150 valence electrons. The fourth-order valence-corrected chi connectivity index (χ4v) is 2.96. The maximum atomic E-state index is 12.5. The third-order valence-corrected chi connectivity index (χ3v) is 4.41. The monoisotopic (exact) mass is 378 g/mol. The quantitative estimate of drug-likeness (QED) is 0.581. The zero-order valence-corrected chi connectivity index (χ0v) is 16.3. The van der Waals surface area contributed by atoms with E-state index in [-0.39, 0.29) is 35.6 Å². The van der Waals surface area contributed by atoms with Gasteiger partial charge in [0.05, 0.1) is 12.5 Å². The molecule has 7 nitrogen and oxygen atoms in total. The van der Waals surface area contributed by atoms with Gasteiger partial charge in [-0.15, -0.1) is 0 Å². The minimum Gasteiger partial charge on any atom is -0.508 e. The molecule has 1 saturated heterocycles. The Hall–Kier alpha value is -2.12. The third-order valence-electron chi connectivity index (χ3n) is 4.41. The average molecular weight is 378 g/mol. The number of piperidine rings is 1. The number of phenolic OH excluding ortho intramolecular Hbond substituents is 1. The molecular formula is C20H30N2O5. The topological polar surface area (TPSA) is 102 Å². The summed E-state index contributed by atoms with van der Waals surface area (Å²) in [7, 11) is 0. The first kappa shape index (κ1) is 21.2. The predicted octanol–water partition coefficient (Wildman–Crippen LogP) is 2.16. The molecule has 7 heteroatoms. The predicted molar refractivity (Wildman–Crippen MR) is 101 cm³/mol. The molecule has 1 aromatic carbocycles. The highest BCUT2D eigenvalue weighted by atomic mass is 17.2. The summed E-state index contributed by atoms with van der Waals surface area (Å²) in [5.41, 5.74) is 6.81. The van der Waals surface area contributed by atoms with E-state index in [4.69, 9.17) is 15.5 Å². The van der Waals surface area contributed by atoms with Gasteiger partial charge >= 0.3 is 5.97 Å². The second-order valence-corrected chi connectivity index (χ2v) is 8.29. The molecule has 1 aromatic rings. The molecule has 1 aliphatic heterocycles. The minimum absolute atomic E-state index is 0.105. The number of nitrogens with zero attached hydrogens (tertiary/aromatic N) is 1. The molecule has 0 radical (unpaired) electrons. The van der Waals surface area contributed by atoms with E-state index in [1.54, 1.807) is 29.2 Å². The summed E-state index contributed by atoms with van der Waals surface area (Å²) >= 11 is 0. The van der Waals surface area contributed by atoms with Crippen LogP contribution in [-0.4, -0.2) is 47.1 Å². The van der Waals surface area contributed by atoms with Gasteiger partial charge in [0.2, 0.25) is 5.91 Å². The largest absolute Gasteiger partial charge is 0.508 e. The van der Waals surface area contributed by atoms with E-state index in [2.05, 4.69) is 0 Å². The van der Waals surface area contributed by atoms with Crippen LogP contribution >= 0.6 is 0 Å². The average Bonchev–Trinajstić information content (AvgIpc) is 2.60. The summed E-state index contributed by atoms with van der Waals surface area (Å²) in [6.45, 7) is 6.91. The maximum absolute atomic E-state index is 12.5. The Kier molecular flexibility index (Phi) is 7.21. The fraction of sp³-hybridized carbons (Fsp3) is 0.600. The molecule has 1 amide bonds. The minimum atomic E-state index is -0.628. The number of nitrogens with two attached hydrogens (primary N) is 1. The van der Waals surface area contributed by atoms with Gasteiger partial charge in [0.25, 0.3) is 0 Å². The van der Waals surface area contributed by atoms with Crippen LogP contribution in [0.5, 0.6) is 5.75 Å². The standard InChI is InChI=1S/C20H30N2O5/c1-20(2,3)13-18(24)27-26-16-8-10-22(11-9-16)19(25)17(21)12-14-4-6-15(23)7-5-14/h4-7,16-17,23H,8-13,21H2,1-3H3/t17-/m0/s1. The molecule has 0 unspecified atom stereocenters. The Morgan fingerprint density at radius 1 is 1.22 bits per heavy atom. The second-order valence-electron chi connectivity index (χ2n) is 8.29. The highest BCUT2D eigenvalue weighted by Crippen LogP contribution is 2.21. The van der Waals surface area contributed by atoms with Crippen LogP contribution in [0.4, 0.5) is 0 Å². The van der Waals surface area contributed by atoms with Gasteiger partial charge in [-0.2, -0.15) is 4.89 Å². The van der Waals surface area contributed by atoms with E-state index >= 15 is 0 Å². The van der Waals surface area contributed by atoms with Crippen LogP contribution in [0.15, 0.2) is 24.3 Å². The first-order valence-corrected chi connectivity index (χ1v) is 9.32. The Balaban J connectivity index is 1.73. The molecule has 0 bridgehead atoms. The zero-order chi connectivity index (χ0) is 20.0. The summed E-state index contributed by atoms with van der Waals surface area (Å²) in [6, 6.07) is 6.05. The summed E-state index contributed by atoms with van der Waals surface area (Å²) < 4.78 is 0. The number of phenols is 1. The van der Waals surface area contributed by atoms with Crippen LogP contribution in [0, 0.1) is 5.41 Å². The van der Waals surface area contributed by atoms with Crippen molar-refractivity contribution in [1.29, 1.82) is 0 Å². The molecule has 0 aromatic heterocycles. The zero-order valence-electron chi connectivity index (χ0n) is 16.3. The van der Waals surface area contributed by atoms with Crippen molar-refractivity contribution in [2.45, 2.75) is 58.6 Å². The number of carbonyl (C=O) groups is 2. The molecule has 0 spiro atoms. The van der Waals surface area contributed by atoms with Crippen molar-refractivity contribution >= 4 is 11.9 Å². The summed E-state index contributed by atoms with van der Waals surface area (Å²) in [5.74, 6) is -0.299. The van der Waals surface area contributed by atoms with Gasteiger partial charge in [0, 0.05) is 13.1 Å². The van der Waals surface area contributed by atoms with Crippen LogP contribution in [0.2, 0.25) is 0 Å². The van der Waals surface area contributed by atoms with Gasteiger partial charge < -0.3 is 15.7 Å². The van der Waals surface area contributed by atoms with Gasteiger partial charge in [0.15, 0.2) is 0 Å². The van der Waals surface area contributed by atoms with Gasteiger partial charge in [-0.25, -0.2) is 4.79 Å².